The Kier molecular flexibility index (Phi) is 3.98. The predicted octanol–water partition coefficient (Wildman–Crippen LogP) is 4.72. The van der Waals surface area contributed by atoms with Crippen LogP contribution in [0, 0.1) is 5.82 Å². The molecular weight excluding hydrogens is 349 g/mol. The molecule has 0 bridgehead atoms. The molecule has 5 heteroatoms. The molecule has 1 heterocycles. The van der Waals surface area contributed by atoms with Gasteiger partial charge in [-0.2, -0.15) is 0 Å². The number of ketones is 1. The summed E-state index contributed by atoms with van der Waals surface area (Å²) < 4.78 is 19.9. The van der Waals surface area contributed by atoms with Crippen LogP contribution >= 0.6 is 15.9 Å². The summed E-state index contributed by atoms with van der Waals surface area (Å²) in [6.45, 7) is 1.62. The smallest absolute Gasteiger partial charge is 0.205 e. The summed E-state index contributed by atoms with van der Waals surface area (Å²) in [5.74, 6) is -0.642. The summed E-state index contributed by atoms with van der Waals surface area (Å²) >= 11 is 3.18. The van der Waals surface area contributed by atoms with Crippen LogP contribution in [0.3, 0.4) is 0 Å². The van der Waals surface area contributed by atoms with Gasteiger partial charge in [0.05, 0.1) is 0 Å². The SMILES string of the molecule is C[C@@H](Oc1ccc(Br)cc1F)C(=O)c1c[nH]c2ccccc12. The summed E-state index contributed by atoms with van der Waals surface area (Å²) in [5, 5.41) is 0.833. The molecule has 0 radical (unpaired) electrons. The van der Waals surface area contributed by atoms with Crippen molar-refractivity contribution in [2.24, 2.45) is 0 Å². The third-order valence-corrected chi connectivity index (χ3v) is 3.91. The van der Waals surface area contributed by atoms with Gasteiger partial charge in [-0.25, -0.2) is 4.39 Å². The van der Waals surface area contributed by atoms with Gasteiger partial charge in [0.2, 0.25) is 5.78 Å². The minimum atomic E-state index is -0.783. The Labute approximate surface area is 135 Å². The zero-order valence-electron chi connectivity index (χ0n) is 11.8. The van der Waals surface area contributed by atoms with Gasteiger partial charge in [0.25, 0.3) is 0 Å². The van der Waals surface area contributed by atoms with E-state index in [-0.39, 0.29) is 11.5 Å². The third kappa shape index (κ3) is 2.76. The quantitative estimate of drug-likeness (QED) is 0.683. The molecule has 3 nitrogen and oxygen atoms in total. The van der Waals surface area contributed by atoms with Crippen LogP contribution in [0.15, 0.2) is 53.1 Å². The summed E-state index contributed by atoms with van der Waals surface area (Å²) in [6, 6.07) is 12.0. The van der Waals surface area contributed by atoms with Crippen molar-refractivity contribution in [3.05, 3.63) is 64.5 Å². The molecule has 1 aromatic heterocycles. The molecule has 0 saturated heterocycles. The summed E-state index contributed by atoms with van der Waals surface area (Å²) in [5.41, 5.74) is 1.42. The number of ether oxygens (including phenoxy) is 1. The van der Waals surface area contributed by atoms with Crippen LogP contribution in [0.2, 0.25) is 0 Å². The number of hydrogen-bond donors (Lipinski definition) is 1. The molecule has 0 aliphatic carbocycles. The normalized spacial score (nSPS) is 12.3. The number of H-pyrrole nitrogens is 1. The van der Waals surface area contributed by atoms with E-state index in [0.29, 0.717) is 10.0 Å². The number of aromatic amines is 1. The molecule has 2 aromatic carbocycles. The van der Waals surface area contributed by atoms with Gasteiger partial charge in [0.1, 0.15) is 0 Å². The highest BCUT2D eigenvalue weighted by Gasteiger charge is 2.21. The third-order valence-electron chi connectivity index (χ3n) is 3.42. The number of benzene rings is 2. The maximum atomic E-state index is 13.8. The van der Waals surface area contributed by atoms with E-state index in [4.69, 9.17) is 4.74 Å². The fraction of sp³-hybridized carbons (Fsp3) is 0.118. The number of carbonyl (C=O) groups excluding carboxylic acids is 1. The van der Waals surface area contributed by atoms with Crippen molar-refractivity contribution in [2.45, 2.75) is 13.0 Å². The summed E-state index contributed by atoms with van der Waals surface area (Å²) in [4.78, 5) is 15.6. The maximum Gasteiger partial charge on any atom is 0.205 e. The van der Waals surface area contributed by atoms with Gasteiger partial charge >= 0.3 is 0 Å². The Morgan fingerprint density at radius 1 is 1.27 bits per heavy atom. The van der Waals surface area contributed by atoms with Crippen molar-refractivity contribution >= 4 is 32.6 Å². The highest BCUT2D eigenvalue weighted by Crippen LogP contribution is 2.24. The second-order valence-electron chi connectivity index (χ2n) is 4.95. The molecule has 3 aromatic rings. The Hall–Kier alpha value is -2.14. The number of carbonyl (C=O) groups is 1. The Balaban J connectivity index is 1.85. The molecule has 3 rings (SSSR count). The maximum absolute atomic E-state index is 13.8. The molecular formula is C17H13BrFNO2. The average molecular weight is 362 g/mol. The van der Waals surface area contributed by atoms with Gasteiger partial charge in [-0.3, -0.25) is 4.79 Å². The van der Waals surface area contributed by atoms with Crippen LogP contribution in [0.4, 0.5) is 4.39 Å². The van der Waals surface area contributed by atoms with Crippen LogP contribution < -0.4 is 4.74 Å². The fourth-order valence-corrected chi connectivity index (χ4v) is 2.64. The van der Waals surface area contributed by atoms with Crippen LogP contribution in [0.1, 0.15) is 17.3 Å². The molecule has 0 aliphatic heterocycles. The zero-order chi connectivity index (χ0) is 15.7. The monoisotopic (exact) mass is 361 g/mol. The molecule has 112 valence electrons. The largest absolute Gasteiger partial charge is 0.479 e. The van der Waals surface area contributed by atoms with Gasteiger partial charge in [-0.05, 0) is 31.2 Å². The second-order valence-corrected chi connectivity index (χ2v) is 5.86. The van der Waals surface area contributed by atoms with Crippen molar-refractivity contribution in [1.82, 2.24) is 4.98 Å². The van der Waals surface area contributed by atoms with Gasteiger partial charge in [-0.1, -0.05) is 34.1 Å². The average Bonchev–Trinajstić information content (AvgIpc) is 2.93. The number of nitrogens with one attached hydrogen (secondary N) is 1. The topological polar surface area (TPSA) is 42.1 Å². The lowest BCUT2D eigenvalue weighted by Gasteiger charge is -2.14. The number of Topliss-reactive ketones (excluding diaryl/α,β-unsaturated/α-hetero) is 1. The minimum Gasteiger partial charge on any atom is -0.479 e. The highest BCUT2D eigenvalue weighted by molar-refractivity contribution is 9.10. The number of rotatable bonds is 4. The van der Waals surface area contributed by atoms with E-state index in [1.807, 2.05) is 24.3 Å². The lowest BCUT2D eigenvalue weighted by molar-refractivity contribution is 0.0814. The first-order chi connectivity index (χ1) is 10.6. The Morgan fingerprint density at radius 3 is 2.82 bits per heavy atom. The number of aromatic nitrogens is 1. The standard InChI is InChI=1S/C17H13BrFNO2/c1-10(22-16-7-6-11(18)8-14(16)19)17(21)13-9-20-15-5-3-2-4-12(13)15/h2-10,20H,1H3/t10-/m1/s1. The minimum absolute atomic E-state index is 0.0592. The fourth-order valence-electron chi connectivity index (χ4n) is 2.31. The number of halogens is 2. The van der Waals surface area contributed by atoms with E-state index >= 15 is 0 Å². The molecule has 0 unspecified atom stereocenters. The summed E-state index contributed by atoms with van der Waals surface area (Å²) in [7, 11) is 0. The van der Waals surface area contributed by atoms with Crippen molar-refractivity contribution in [2.75, 3.05) is 0 Å². The Bertz CT molecular complexity index is 844. The van der Waals surface area contributed by atoms with Crippen LogP contribution in [-0.4, -0.2) is 16.9 Å². The van der Waals surface area contributed by atoms with Crippen molar-refractivity contribution in [1.29, 1.82) is 0 Å². The molecule has 0 spiro atoms. The van der Waals surface area contributed by atoms with Gasteiger partial charge in [0.15, 0.2) is 17.7 Å². The van der Waals surface area contributed by atoms with Crippen LogP contribution in [-0.2, 0) is 0 Å². The molecule has 0 fully saturated rings. The number of para-hydroxylation sites is 1. The first-order valence-electron chi connectivity index (χ1n) is 6.78. The zero-order valence-corrected chi connectivity index (χ0v) is 13.4. The van der Waals surface area contributed by atoms with Crippen molar-refractivity contribution < 1.29 is 13.9 Å². The molecule has 1 atom stereocenters. The van der Waals surface area contributed by atoms with E-state index < -0.39 is 11.9 Å². The van der Waals surface area contributed by atoms with Crippen molar-refractivity contribution in [3.8, 4) is 5.75 Å². The molecule has 22 heavy (non-hydrogen) atoms. The molecule has 1 N–H and O–H groups in total. The van der Waals surface area contributed by atoms with Gasteiger partial charge in [-0.15, -0.1) is 0 Å². The lowest BCUT2D eigenvalue weighted by atomic mass is 10.1. The first-order valence-corrected chi connectivity index (χ1v) is 7.57. The lowest BCUT2D eigenvalue weighted by Crippen LogP contribution is -2.24. The van der Waals surface area contributed by atoms with E-state index in [9.17, 15) is 9.18 Å². The van der Waals surface area contributed by atoms with E-state index in [1.54, 1.807) is 19.2 Å². The van der Waals surface area contributed by atoms with Gasteiger partial charge in [0, 0.05) is 27.1 Å². The summed E-state index contributed by atoms with van der Waals surface area (Å²) in [6.07, 6.45) is 0.875. The van der Waals surface area contributed by atoms with E-state index in [1.165, 1.54) is 12.1 Å². The molecule has 0 saturated carbocycles. The van der Waals surface area contributed by atoms with Crippen LogP contribution in [0.5, 0.6) is 5.75 Å². The predicted molar refractivity (Wildman–Crippen MR) is 86.8 cm³/mol. The first kappa shape index (κ1) is 14.8. The van der Waals surface area contributed by atoms with Crippen LogP contribution in [0.25, 0.3) is 10.9 Å². The highest BCUT2D eigenvalue weighted by atomic mass is 79.9. The van der Waals surface area contributed by atoms with Gasteiger partial charge < -0.3 is 9.72 Å². The van der Waals surface area contributed by atoms with Crippen molar-refractivity contribution in [3.63, 3.8) is 0 Å². The Morgan fingerprint density at radius 2 is 2.05 bits per heavy atom. The number of hydrogen-bond acceptors (Lipinski definition) is 2. The molecule has 0 amide bonds. The van der Waals surface area contributed by atoms with E-state index in [0.717, 1.165) is 10.9 Å². The molecule has 0 aliphatic rings. The van der Waals surface area contributed by atoms with E-state index in [2.05, 4.69) is 20.9 Å². The second kappa shape index (κ2) is 5.93. The number of fused-ring (bicyclic) bond motifs is 1.